The van der Waals surface area contributed by atoms with Crippen molar-refractivity contribution < 1.29 is 24.1 Å². The van der Waals surface area contributed by atoms with Crippen LogP contribution in [-0.2, 0) is 9.53 Å². The Morgan fingerprint density at radius 1 is 1.44 bits per heavy atom. The van der Waals surface area contributed by atoms with Gasteiger partial charge in [0, 0.05) is 13.2 Å². The molecule has 5 nitrogen and oxygen atoms in total. The number of methoxy groups -OCH3 is 1. The van der Waals surface area contributed by atoms with Gasteiger partial charge in [-0.15, -0.1) is 0 Å². The summed E-state index contributed by atoms with van der Waals surface area (Å²) < 4.78 is 15.6. The SMILES string of the molecule is COC/C(=C\C(=O)O)c1cc2c(cc1C)OCO2. The molecule has 0 aromatic heterocycles. The van der Waals surface area contributed by atoms with Crippen molar-refractivity contribution >= 4 is 11.5 Å². The van der Waals surface area contributed by atoms with E-state index in [0.717, 1.165) is 17.2 Å². The first-order valence-corrected chi connectivity index (χ1v) is 5.45. The maximum absolute atomic E-state index is 10.8. The summed E-state index contributed by atoms with van der Waals surface area (Å²) in [6.45, 7) is 2.32. The number of carboxylic acids is 1. The highest BCUT2D eigenvalue weighted by Crippen LogP contribution is 2.36. The molecule has 18 heavy (non-hydrogen) atoms. The van der Waals surface area contributed by atoms with E-state index in [0.29, 0.717) is 17.1 Å². The number of aliphatic carboxylic acids is 1. The van der Waals surface area contributed by atoms with Crippen molar-refractivity contribution in [2.24, 2.45) is 0 Å². The van der Waals surface area contributed by atoms with Gasteiger partial charge in [0.2, 0.25) is 6.79 Å². The third-order valence-corrected chi connectivity index (χ3v) is 2.66. The predicted molar refractivity (Wildman–Crippen MR) is 64.8 cm³/mol. The van der Waals surface area contributed by atoms with Crippen molar-refractivity contribution in [3.05, 3.63) is 29.3 Å². The minimum Gasteiger partial charge on any atom is -0.478 e. The molecule has 1 aromatic carbocycles. The number of aryl methyl sites for hydroxylation is 1. The molecule has 1 aliphatic rings. The Balaban J connectivity index is 2.45. The van der Waals surface area contributed by atoms with Gasteiger partial charge in [-0.05, 0) is 35.8 Å². The van der Waals surface area contributed by atoms with Gasteiger partial charge in [-0.25, -0.2) is 4.79 Å². The number of hydrogen-bond acceptors (Lipinski definition) is 4. The Hall–Kier alpha value is -2.01. The van der Waals surface area contributed by atoms with Crippen LogP contribution in [0.1, 0.15) is 11.1 Å². The Morgan fingerprint density at radius 2 is 2.11 bits per heavy atom. The quantitative estimate of drug-likeness (QED) is 0.826. The van der Waals surface area contributed by atoms with Crippen molar-refractivity contribution in [2.45, 2.75) is 6.92 Å². The molecule has 2 rings (SSSR count). The first-order chi connectivity index (χ1) is 8.61. The Labute approximate surface area is 105 Å². The average molecular weight is 250 g/mol. The average Bonchev–Trinajstić information content (AvgIpc) is 2.73. The number of carbonyl (C=O) groups is 1. The molecule has 0 amide bonds. The van der Waals surface area contributed by atoms with Gasteiger partial charge < -0.3 is 19.3 Å². The van der Waals surface area contributed by atoms with Crippen LogP contribution in [0.2, 0.25) is 0 Å². The molecule has 0 saturated carbocycles. The second kappa shape index (κ2) is 5.10. The molecule has 1 aliphatic heterocycles. The zero-order valence-corrected chi connectivity index (χ0v) is 10.2. The van der Waals surface area contributed by atoms with E-state index in [9.17, 15) is 4.79 Å². The van der Waals surface area contributed by atoms with E-state index < -0.39 is 5.97 Å². The van der Waals surface area contributed by atoms with Crippen LogP contribution in [0.5, 0.6) is 11.5 Å². The molecule has 0 radical (unpaired) electrons. The first-order valence-electron chi connectivity index (χ1n) is 5.45. The van der Waals surface area contributed by atoms with Crippen molar-refractivity contribution in [1.29, 1.82) is 0 Å². The standard InChI is InChI=1S/C13H14O5/c1-8-3-11-12(18-7-17-11)5-10(8)9(6-16-2)4-13(14)15/h3-5H,6-7H2,1-2H3,(H,14,15)/b9-4+. The number of ether oxygens (including phenoxy) is 3. The van der Waals surface area contributed by atoms with Crippen molar-refractivity contribution in [1.82, 2.24) is 0 Å². The van der Waals surface area contributed by atoms with Crippen LogP contribution < -0.4 is 9.47 Å². The van der Waals surface area contributed by atoms with Gasteiger partial charge >= 0.3 is 5.97 Å². The van der Waals surface area contributed by atoms with Crippen LogP contribution >= 0.6 is 0 Å². The third-order valence-electron chi connectivity index (χ3n) is 2.66. The van der Waals surface area contributed by atoms with E-state index in [-0.39, 0.29) is 13.4 Å². The number of rotatable bonds is 4. The summed E-state index contributed by atoms with van der Waals surface area (Å²) in [7, 11) is 1.53. The van der Waals surface area contributed by atoms with Gasteiger partial charge in [-0.2, -0.15) is 0 Å². The summed E-state index contributed by atoms with van der Waals surface area (Å²) in [4.78, 5) is 10.8. The zero-order chi connectivity index (χ0) is 13.1. The number of fused-ring (bicyclic) bond motifs is 1. The molecule has 96 valence electrons. The smallest absolute Gasteiger partial charge is 0.328 e. The Morgan fingerprint density at radius 3 is 2.72 bits per heavy atom. The first kappa shape index (κ1) is 12.4. The summed E-state index contributed by atoms with van der Waals surface area (Å²) in [5.41, 5.74) is 2.31. The molecule has 0 saturated heterocycles. The van der Waals surface area contributed by atoms with Gasteiger partial charge in [-0.3, -0.25) is 0 Å². The van der Waals surface area contributed by atoms with Gasteiger partial charge in [0.15, 0.2) is 11.5 Å². The van der Waals surface area contributed by atoms with Crippen LogP contribution in [0.15, 0.2) is 18.2 Å². The van der Waals surface area contributed by atoms with Gasteiger partial charge in [0.1, 0.15) is 0 Å². The second-order valence-electron chi connectivity index (χ2n) is 3.96. The summed E-state index contributed by atoms with van der Waals surface area (Å²) in [6.07, 6.45) is 1.15. The fourth-order valence-electron chi connectivity index (χ4n) is 1.89. The van der Waals surface area contributed by atoms with E-state index in [1.165, 1.54) is 7.11 Å². The third kappa shape index (κ3) is 2.46. The van der Waals surface area contributed by atoms with Gasteiger partial charge in [0.05, 0.1) is 6.61 Å². The van der Waals surface area contributed by atoms with Crippen LogP contribution in [0.25, 0.3) is 5.57 Å². The lowest BCUT2D eigenvalue weighted by Gasteiger charge is -2.10. The fraction of sp³-hybridized carbons (Fsp3) is 0.308. The summed E-state index contributed by atoms with van der Waals surface area (Å²) in [5, 5.41) is 8.87. The van der Waals surface area contributed by atoms with Crippen LogP contribution in [0, 0.1) is 6.92 Å². The highest BCUT2D eigenvalue weighted by Gasteiger charge is 2.17. The van der Waals surface area contributed by atoms with Crippen molar-refractivity contribution in [3.63, 3.8) is 0 Å². The maximum Gasteiger partial charge on any atom is 0.328 e. The molecule has 0 fully saturated rings. The molecular formula is C13H14O5. The topological polar surface area (TPSA) is 65.0 Å². The van der Waals surface area contributed by atoms with E-state index in [1.54, 1.807) is 6.07 Å². The van der Waals surface area contributed by atoms with Gasteiger partial charge in [0.25, 0.3) is 0 Å². The number of hydrogen-bond donors (Lipinski definition) is 1. The van der Waals surface area contributed by atoms with Crippen LogP contribution in [-0.4, -0.2) is 31.6 Å². The van der Waals surface area contributed by atoms with Crippen LogP contribution in [0.4, 0.5) is 0 Å². The molecule has 0 aliphatic carbocycles. The molecule has 0 unspecified atom stereocenters. The maximum atomic E-state index is 10.8. The molecular weight excluding hydrogens is 236 g/mol. The van der Waals surface area contributed by atoms with Gasteiger partial charge in [-0.1, -0.05) is 0 Å². The lowest BCUT2D eigenvalue weighted by atomic mass is 10.00. The van der Waals surface area contributed by atoms with E-state index in [1.807, 2.05) is 13.0 Å². The normalized spacial score (nSPS) is 13.8. The van der Waals surface area contributed by atoms with E-state index in [4.69, 9.17) is 19.3 Å². The van der Waals surface area contributed by atoms with Crippen molar-refractivity contribution in [2.75, 3.05) is 20.5 Å². The predicted octanol–water partition coefficient (Wildman–Crippen LogP) is 1.84. The summed E-state index contributed by atoms with van der Waals surface area (Å²) in [6, 6.07) is 3.62. The molecule has 0 atom stereocenters. The molecule has 1 heterocycles. The minimum atomic E-state index is -1.00. The Bertz CT molecular complexity index is 504. The fourth-order valence-corrected chi connectivity index (χ4v) is 1.89. The number of carboxylic acid groups (broad SMARTS) is 1. The highest BCUT2D eigenvalue weighted by molar-refractivity contribution is 5.91. The summed E-state index contributed by atoms with van der Waals surface area (Å²) in [5.74, 6) is 0.311. The zero-order valence-electron chi connectivity index (χ0n) is 10.2. The summed E-state index contributed by atoms with van der Waals surface area (Å²) >= 11 is 0. The van der Waals surface area contributed by atoms with E-state index >= 15 is 0 Å². The minimum absolute atomic E-state index is 0.195. The largest absolute Gasteiger partial charge is 0.478 e. The molecule has 0 spiro atoms. The molecule has 1 N–H and O–H groups in total. The highest BCUT2D eigenvalue weighted by atomic mass is 16.7. The monoisotopic (exact) mass is 250 g/mol. The lowest BCUT2D eigenvalue weighted by molar-refractivity contribution is -0.131. The molecule has 0 bridgehead atoms. The van der Waals surface area contributed by atoms with E-state index in [2.05, 4.69) is 0 Å². The van der Waals surface area contributed by atoms with Crippen molar-refractivity contribution in [3.8, 4) is 11.5 Å². The second-order valence-corrected chi connectivity index (χ2v) is 3.96. The molecule has 5 heteroatoms. The lowest BCUT2D eigenvalue weighted by Crippen LogP contribution is -2.00. The number of benzene rings is 1. The molecule has 1 aromatic rings. The van der Waals surface area contributed by atoms with Crippen LogP contribution in [0.3, 0.4) is 0 Å². The Kier molecular flexibility index (Phi) is 3.53.